The molecule has 1 aromatic heterocycles. The van der Waals surface area contributed by atoms with Gasteiger partial charge in [-0.15, -0.1) is 0 Å². The van der Waals surface area contributed by atoms with Gasteiger partial charge >= 0.3 is 5.97 Å². The third-order valence-corrected chi connectivity index (χ3v) is 10.1. The van der Waals surface area contributed by atoms with Gasteiger partial charge in [0.15, 0.2) is 0 Å². The highest BCUT2D eigenvalue weighted by Crippen LogP contribution is 2.52. The highest BCUT2D eigenvalue weighted by molar-refractivity contribution is 5.80. The summed E-state index contributed by atoms with van der Waals surface area (Å²) in [4.78, 5) is 16.6. The largest absolute Gasteiger partial charge is 0.490 e. The van der Waals surface area contributed by atoms with Crippen LogP contribution in [-0.4, -0.2) is 27.7 Å². The van der Waals surface area contributed by atoms with Gasteiger partial charge in [-0.1, -0.05) is 33.3 Å². The lowest BCUT2D eigenvalue weighted by Gasteiger charge is -2.51. The maximum Gasteiger partial charge on any atom is 0.309 e. The van der Waals surface area contributed by atoms with Crippen LogP contribution in [0.25, 0.3) is 10.9 Å². The number of ether oxygens (including phenoxy) is 1. The van der Waals surface area contributed by atoms with E-state index in [1.165, 1.54) is 19.3 Å². The summed E-state index contributed by atoms with van der Waals surface area (Å²) < 4.78 is 6.39. The van der Waals surface area contributed by atoms with Gasteiger partial charge in [-0.3, -0.25) is 9.78 Å². The zero-order valence-electron chi connectivity index (χ0n) is 21.7. The summed E-state index contributed by atoms with van der Waals surface area (Å²) in [6.07, 6.45) is 11.6. The van der Waals surface area contributed by atoms with Crippen LogP contribution in [0, 0.1) is 16.7 Å². The van der Waals surface area contributed by atoms with E-state index < -0.39 is 11.4 Å². The van der Waals surface area contributed by atoms with Gasteiger partial charge < -0.3 is 15.2 Å². The van der Waals surface area contributed by atoms with Gasteiger partial charge in [-0.2, -0.15) is 0 Å². The zero-order valence-corrected chi connectivity index (χ0v) is 21.7. The molecule has 2 bridgehead atoms. The molecule has 5 heteroatoms. The molecule has 4 aliphatic carbocycles. The summed E-state index contributed by atoms with van der Waals surface area (Å²) in [5.41, 5.74) is 2.09. The van der Waals surface area contributed by atoms with Gasteiger partial charge in [-0.25, -0.2) is 0 Å². The number of hydrogen-bond donors (Lipinski definition) is 2. The molecule has 0 unspecified atom stereocenters. The molecule has 1 aromatic carbocycles. The van der Waals surface area contributed by atoms with E-state index in [4.69, 9.17) is 9.72 Å². The van der Waals surface area contributed by atoms with Gasteiger partial charge in [0.25, 0.3) is 0 Å². The monoisotopic (exact) mass is 478 g/mol. The Hall–Kier alpha value is -2.14. The second-order valence-electron chi connectivity index (χ2n) is 12.3. The molecule has 4 aliphatic rings. The Balaban J connectivity index is 1.17. The van der Waals surface area contributed by atoms with Gasteiger partial charge in [-0.05, 0) is 99.8 Å². The fraction of sp³-hybridized carbons (Fsp3) is 0.667. The molecule has 4 fully saturated rings. The standard InChI is InChI=1S/C30H42N2O3/c1-4-28(2,3)22-6-9-24(10-7-22)35-25-11-12-26-21(19-25)5-8-23(32-26)20-31-30-16-13-29(14-17-30,15-18-30)27(33)34/h5,8,11-12,19,22,24,31H,4,6-7,9-10,13-18,20H2,1-3H3,(H,33,34). The highest BCUT2D eigenvalue weighted by Gasteiger charge is 2.52. The van der Waals surface area contributed by atoms with Gasteiger partial charge in [0, 0.05) is 17.5 Å². The lowest BCUT2D eigenvalue weighted by Crippen LogP contribution is -2.56. The summed E-state index contributed by atoms with van der Waals surface area (Å²) in [5, 5.41) is 14.5. The number of nitrogens with one attached hydrogen (secondary N) is 1. The molecule has 2 aromatic rings. The molecule has 6 rings (SSSR count). The number of pyridine rings is 1. The molecule has 0 spiro atoms. The minimum absolute atomic E-state index is 0.0802. The molecule has 5 nitrogen and oxygen atoms in total. The third-order valence-electron chi connectivity index (χ3n) is 10.1. The van der Waals surface area contributed by atoms with Crippen molar-refractivity contribution in [2.24, 2.45) is 16.7 Å². The second kappa shape index (κ2) is 9.38. The number of carboxylic acids is 1. The van der Waals surface area contributed by atoms with E-state index in [9.17, 15) is 9.90 Å². The number of rotatable bonds is 8. The van der Waals surface area contributed by atoms with E-state index in [-0.39, 0.29) is 5.54 Å². The van der Waals surface area contributed by atoms with Crippen molar-refractivity contribution < 1.29 is 14.6 Å². The summed E-state index contributed by atoms with van der Waals surface area (Å²) >= 11 is 0. The summed E-state index contributed by atoms with van der Waals surface area (Å²) in [7, 11) is 0. The van der Waals surface area contributed by atoms with Crippen molar-refractivity contribution in [2.75, 3.05) is 0 Å². The first-order chi connectivity index (χ1) is 16.7. The van der Waals surface area contributed by atoms with Crippen molar-refractivity contribution >= 4 is 16.9 Å². The van der Waals surface area contributed by atoms with E-state index in [1.54, 1.807) is 0 Å². The van der Waals surface area contributed by atoms with Crippen LogP contribution in [0.2, 0.25) is 0 Å². The smallest absolute Gasteiger partial charge is 0.309 e. The first-order valence-electron chi connectivity index (χ1n) is 13.8. The number of nitrogens with zero attached hydrogens (tertiary/aromatic N) is 1. The highest BCUT2D eigenvalue weighted by atomic mass is 16.5. The predicted molar refractivity (Wildman–Crippen MR) is 140 cm³/mol. The summed E-state index contributed by atoms with van der Waals surface area (Å²) in [6, 6.07) is 10.6. The van der Waals surface area contributed by atoms with Crippen LogP contribution in [0.1, 0.15) is 97.1 Å². The molecule has 1 heterocycles. The Morgan fingerprint density at radius 2 is 1.74 bits per heavy atom. The molecule has 0 amide bonds. The van der Waals surface area contributed by atoms with Crippen LogP contribution in [0.4, 0.5) is 0 Å². The first kappa shape index (κ1) is 24.5. The fourth-order valence-corrected chi connectivity index (χ4v) is 6.81. The minimum atomic E-state index is -0.599. The van der Waals surface area contributed by atoms with Gasteiger partial charge in [0.2, 0.25) is 0 Å². The summed E-state index contributed by atoms with van der Waals surface area (Å²) in [5.74, 6) is 1.16. The van der Waals surface area contributed by atoms with Crippen LogP contribution >= 0.6 is 0 Å². The molecule has 0 atom stereocenters. The van der Waals surface area contributed by atoms with Crippen molar-refractivity contribution in [2.45, 2.75) is 110 Å². The normalized spacial score (nSPS) is 30.9. The van der Waals surface area contributed by atoms with Crippen molar-refractivity contribution in [1.29, 1.82) is 0 Å². The molecule has 0 radical (unpaired) electrons. The molecule has 0 saturated heterocycles. The molecule has 0 aliphatic heterocycles. The Morgan fingerprint density at radius 3 is 2.37 bits per heavy atom. The Kier molecular flexibility index (Phi) is 6.58. The van der Waals surface area contributed by atoms with Crippen molar-refractivity contribution in [3.05, 3.63) is 36.0 Å². The molecule has 4 saturated carbocycles. The molecule has 2 N–H and O–H groups in total. The average Bonchev–Trinajstić information content (AvgIpc) is 2.89. The van der Waals surface area contributed by atoms with Crippen LogP contribution in [0.5, 0.6) is 5.75 Å². The first-order valence-corrected chi connectivity index (χ1v) is 13.8. The summed E-state index contributed by atoms with van der Waals surface area (Å²) in [6.45, 7) is 7.86. The number of carboxylic acid groups (broad SMARTS) is 1. The van der Waals surface area contributed by atoms with Crippen LogP contribution in [0.15, 0.2) is 30.3 Å². The number of hydrogen-bond acceptors (Lipinski definition) is 4. The van der Waals surface area contributed by atoms with E-state index >= 15 is 0 Å². The van der Waals surface area contributed by atoms with Crippen molar-refractivity contribution in [3.63, 3.8) is 0 Å². The van der Waals surface area contributed by atoms with E-state index in [0.717, 1.165) is 86.2 Å². The third kappa shape index (κ3) is 4.94. The average molecular weight is 479 g/mol. The maximum atomic E-state index is 11.7. The van der Waals surface area contributed by atoms with E-state index in [0.29, 0.717) is 11.5 Å². The maximum absolute atomic E-state index is 11.7. The Labute approximate surface area is 210 Å². The second-order valence-corrected chi connectivity index (χ2v) is 12.3. The molecule has 35 heavy (non-hydrogen) atoms. The topological polar surface area (TPSA) is 71.5 Å². The van der Waals surface area contributed by atoms with Crippen LogP contribution < -0.4 is 10.1 Å². The van der Waals surface area contributed by atoms with Crippen molar-refractivity contribution in [3.8, 4) is 5.75 Å². The number of fused-ring (bicyclic) bond motifs is 4. The Morgan fingerprint density at radius 1 is 1.06 bits per heavy atom. The molecular weight excluding hydrogens is 436 g/mol. The number of aliphatic carboxylic acids is 1. The van der Waals surface area contributed by atoms with E-state index in [2.05, 4.69) is 56.4 Å². The lowest BCUT2D eigenvalue weighted by molar-refractivity contribution is -0.156. The van der Waals surface area contributed by atoms with Gasteiger partial charge in [0.1, 0.15) is 5.75 Å². The number of aromatic nitrogens is 1. The van der Waals surface area contributed by atoms with Crippen molar-refractivity contribution in [1.82, 2.24) is 10.3 Å². The Bertz CT molecular complexity index is 1050. The number of carbonyl (C=O) groups is 1. The molecule has 190 valence electrons. The SMILES string of the molecule is CCC(C)(C)C1CCC(Oc2ccc3nc(CNC45CCC(C(=O)O)(CC4)CC5)ccc3c2)CC1. The zero-order chi connectivity index (χ0) is 24.7. The predicted octanol–water partition coefficient (Wildman–Crippen LogP) is 6.88. The number of benzene rings is 1. The minimum Gasteiger partial charge on any atom is -0.490 e. The lowest BCUT2D eigenvalue weighted by atomic mass is 9.57. The van der Waals surface area contributed by atoms with Crippen LogP contribution in [0.3, 0.4) is 0 Å². The van der Waals surface area contributed by atoms with Crippen LogP contribution in [-0.2, 0) is 11.3 Å². The van der Waals surface area contributed by atoms with E-state index in [1.807, 2.05) is 0 Å². The quantitative estimate of drug-likeness (QED) is 0.433. The molecular formula is C30H42N2O3. The van der Waals surface area contributed by atoms with Gasteiger partial charge in [0.05, 0.1) is 22.7 Å². The fourth-order valence-electron chi connectivity index (χ4n) is 6.81.